The molecule has 0 atom stereocenters. The lowest BCUT2D eigenvalue weighted by molar-refractivity contribution is -0.384. The maximum atomic E-state index is 11.5. The van der Waals surface area contributed by atoms with Crippen LogP contribution >= 0.6 is 0 Å². The van der Waals surface area contributed by atoms with Gasteiger partial charge in [0.25, 0.3) is 5.69 Å². The van der Waals surface area contributed by atoms with Crippen LogP contribution in [-0.2, 0) is 4.84 Å². The van der Waals surface area contributed by atoms with Crippen molar-refractivity contribution in [2.75, 3.05) is 7.11 Å². The SMILES string of the molecule is COc1ccc(/C(N)=N/OC(=O)Oc2ccc([N+](=O)[O-])cc2)cc1. The summed E-state index contributed by atoms with van der Waals surface area (Å²) in [4.78, 5) is 26.0. The number of hydrogen-bond donors (Lipinski definition) is 1. The molecule has 2 aromatic carbocycles. The molecule has 0 spiro atoms. The Bertz CT molecular complexity index is 756. The summed E-state index contributed by atoms with van der Waals surface area (Å²) in [6, 6.07) is 11.5. The molecule has 2 aromatic rings. The van der Waals surface area contributed by atoms with Crippen LogP contribution in [0.4, 0.5) is 10.5 Å². The quantitative estimate of drug-likeness (QED) is 0.169. The lowest BCUT2D eigenvalue weighted by atomic mass is 10.2. The van der Waals surface area contributed by atoms with Gasteiger partial charge in [-0.2, -0.15) is 0 Å². The largest absolute Gasteiger partial charge is 0.540 e. The molecule has 0 heterocycles. The van der Waals surface area contributed by atoms with E-state index in [4.69, 9.17) is 15.2 Å². The number of nitro benzene ring substituents is 1. The number of benzene rings is 2. The maximum absolute atomic E-state index is 11.5. The maximum Gasteiger partial charge on any atom is 0.540 e. The minimum Gasteiger partial charge on any atom is -0.497 e. The van der Waals surface area contributed by atoms with Crippen molar-refractivity contribution in [2.24, 2.45) is 10.9 Å². The Morgan fingerprint density at radius 3 is 2.21 bits per heavy atom. The zero-order valence-corrected chi connectivity index (χ0v) is 12.5. The van der Waals surface area contributed by atoms with E-state index in [9.17, 15) is 14.9 Å². The van der Waals surface area contributed by atoms with Crippen LogP contribution in [0.2, 0.25) is 0 Å². The zero-order valence-electron chi connectivity index (χ0n) is 12.5. The van der Waals surface area contributed by atoms with Crippen molar-refractivity contribution < 1.29 is 24.0 Å². The minimum atomic E-state index is -1.12. The Morgan fingerprint density at radius 2 is 1.67 bits per heavy atom. The number of nitrogens with zero attached hydrogens (tertiary/aromatic N) is 2. The van der Waals surface area contributed by atoms with E-state index in [-0.39, 0.29) is 17.3 Å². The molecular weight excluding hydrogens is 318 g/mol. The second kappa shape index (κ2) is 7.58. The summed E-state index contributed by atoms with van der Waals surface area (Å²) >= 11 is 0. The second-order valence-corrected chi connectivity index (χ2v) is 4.40. The molecule has 0 fully saturated rings. The average Bonchev–Trinajstić information content (AvgIpc) is 2.60. The first-order valence-corrected chi connectivity index (χ1v) is 6.61. The van der Waals surface area contributed by atoms with Crippen LogP contribution in [0.1, 0.15) is 5.56 Å². The van der Waals surface area contributed by atoms with Crippen LogP contribution in [0, 0.1) is 10.1 Å². The fourth-order valence-electron chi connectivity index (χ4n) is 1.65. The molecular formula is C15H13N3O6. The van der Waals surface area contributed by atoms with Crippen molar-refractivity contribution in [2.45, 2.75) is 0 Å². The molecule has 0 bridgehead atoms. The third-order valence-corrected chi connectivity index (χ3v) is 2.85. The molecule has 0 unspecified atom stereocenters. The van der Waals surface area contributed by atoms with Gasteiger partial charge in [0.15, 0.2) is 5.84 Å². The van der Waals surface area contributed by atoms with Gasteiger partial charge in [-0.3, -0.25) is 15.0 Å². The van der Waals surface area contributed by atoms with Gasteiger partial charge in [0.2, 0.25) is 0 Å². The predicted molar refractivity (Wildman–Crippen MR) is 83.9 cm³/mol. The number of nitro groups is 1. The van der Waals surface area contributed by atoms with Gasteiger partial charge in [0.1, 0.15) is 11.5 Å². The highest BCUT2D eigenvalue weighted by atomic mass is 16.8. The molecule has 2 rings (SSSR count). The first kappa shape index (κ1) is 16.7. The molecule has 0 amide bonds. The van der Waals surface area contributed by atoms with Crippen molar-refractivity contribution in [3.05, 3.63) is 64.2 Å². The highest BCUT2D eigenvalue weighted by Crippen LogP contribution is 2.17. The van der Waals surface area contributed by atoms with Gasteiger partial charge in [-0.1, -0.05) is 5.16 Å². The highest BCUT2D eigenvalue weighted by molar-refractivity contribution is 5.97. The minimum absolute atomic E-state index is 0.0293. The molecule has 9 nitrogen and oxygen atoms in total. The number of amidine groups is 1. The number of nitrogens with two attached hydrogens (primary N) is 1. The fourth-order valence-corrected chi connectivity index (χ4v) is 1.65. The Balaban J connectivity index is 1.94. The van der Waals surface area contributed by atoms with Crippen LogP contribution in [0.25, 0.3) is 0 Å². The lowest BCUT2D eigenvalue weighted by Crippen LogP contribution is -2.16. The van der Waals surface area contributed by atoms with Crippen molar-refractivity contribution in [1.82, 2.24) is 0 Å². The molecule has 9 heteroatoms. The van der Waals surface area contributed by atoms with Crippen LogP contribution in [0.3, 0.4) is 0 Å². The van der Waals surface area contributed by atoms with Gasteiger partial charge in [-0.25, -0.2) is 4.79 Å². The van der Waals surface area contributed by atoms with E-state index in [0.717, 1.165) is 0 Å². The first-order valence-electron chi connectivity index (χ1n) is 6.61. The van der Waals surface area contributed by atoms with Crippen molar-refractivity contribution >= 4 is 17.7 Å². The third kappa shape index (κ3) is 4.44. The summed E-state index contributed by atoms with van der Waals surface area (Å²) in [7, 11) is 1.53. The van der Waals surface area contributed by atoms with E-state index in [1.807, 2.05) is 0 Å². The van der Waals surface area contributed by atoms with E-state index < -0.39 is 11.1 Å². The number of hydrogen-bond acceptors (Lipinski definition) is 7. The molecule has 0 saturated heterocycles. The predicted octanol–water partition coefficient (Wildman–Crippen LogP) is 2.44. The Hall–Kier alpha value is -3.62. The number of rotatable bonds is 5. The standard InChI is InChI=1S/C15H13N3O6/c1-22-12-6-2-10(3-7-12)14(16)17-24-15(19)23-13-8-4-11(5-9-13)18(20)21/h2-9H,1H3,(H2,16,17). The number of carbonyl (C=O) groups is 1. The van der Waals surface area contributed by atoms with E-state index in [2.05, 4.69) is 9.99 Å². The van der Waals surface area contributed by atoms with E-state index in [1.54, 1.807) is 24.3 Å². The Labute approximate surface area is 136 Å². The summed E-state index contributed by atoms with van der Waals surface area (Å²) in [5, 5.41) is 14.0. The van der Waals surface area contributed by atoms with Gasteiger partial charge in [-0.15, -0.1) is 0 Å². The van der Waals surface area contributed by atoms with Crippen LogP contribution in [-0.4, -0.2) is 24.0 Å². The molecule has 0 aromatic heterocycles. The normalized spacial score (nSPS) is 10.8. The van der Waals surface area contributed by atoms with E-state index >= 15 is 0 Å². The summed E-state index contributed by atoms with van der Waals surface area (Å²) in [5.74, 6) is 0.687. The second-order valence-electron chi connectivity index (χ2n) is 4.40. The number of oxime groups is 1. The van der Waals surface area contributed by atoms with Crippen molar-refractivity contribution in [3.63, 3.8) is 0 Å². The van der Waals surface area contributed by atoms with Crippen LogP contribution < -0.4 is 15.2 Å². The number of non-ortho nitro benzene ring substituents is 1. The summed E-state index contributed by atoms with van der Waals surface area (Å²) in [6.07, 6.45) is -1.12. The van der Waals surface area contributed by atoms with Crippen LogP contribution in [0.5, 0.6) is 11.5 Å². The molecule has 0 aliphatic carbocycles. The smallest absolute Gasteiger partial charge is 0.497 e. The van der Waals surface area contributed by atoms with E-state index in [1.165, 1.54) is 31.4 Å². The molecule has 0 saturated carbocycles. The topological polar surface area (TPSA) is 126 Å². The van der Waals surface area contributed by atoms with Gasteiger partial charge in [-0.05, 0) is 36.4 Å². The summed E-state index contributed by atoms with van der Waals surface area (Å²) in [6.45, 7) is 0. The monoisotopic (exact) mass is 331 g/mol. The Morgan fingerprint density at radius 1 is 1.08 bits per heavy atom. The number of ether oxygens (including phenoxy) is 2. The Kier molecular flexibility index (Phi) is 5.29. The average molecular weight is 331 g/mol. The molecule has 24 heavy (non-hydrogen) atoms. The lowest BCUT2D eigenvalue weighted by Gasteiger charge is -2.03. The third-order valence-electron chi connectivity index (χ3n) is 2.85. The van der Waals surface area contributed by atoms with Crippen molar-refractivity contribution in [1.29, 1.82) is 0 Å². The highest BCUT2D eigenvalue weighted by Gasteiger charge is 2.10. The first-order chi connectivity index (χ1) is 11.5. The van der Waals surface area contributed by atoms with Gasteiger partial charge >= 0.3 is 6.16 Å². The van der Waals surface area contributed by atoms with Gasteiger partial charge < -0.3 is 15.2 Å². The van der Waals surface area contributed by atoms with Crippen LogP contribution in [0.15, 0.2) is 53.7 Å². The summed E-state index contributed by atoms with van der Waals surface area (Å²) in [5.41, 5.74) is 6.08. The number of carbonyl (C=O) groups excluding carboxylic acids is 1. The van der Waals surface area contributed by atoms with Crippen molar-refractivity contribution in [3.8, 4) is 11.5 Å². The fraction of sp³-hybridized carbons (Fsp3) is 0.0667. The zero-order chi connectivity index (χ0) is 17.5. The van der Waals surface area contributed by atoms with Gasteiger partial charge in [0, 0.05) is 17.7 Å². The molecule has 124 valence electrons. The number of methoxy groups -OCH3 is 1. The summed E-state index contributed by atoms with van der Waals surface area (Å²) < 4.78 is 9.81. The molecule has 2 N–H and O–H groups in total. The molecule has 0 aliphatic heterocycles. The van der Waals surface area contributed by atoms with E-state index in [0.29, 0.717) is 11.3 Å². The van der Waals surface area contributed by atoms with Gasteiger partial charge in [0.05, 0.1) is 12.0 Å². The molecule has 0 aliphatic rings. The molecule has 0 radical (unpaired) electrons.